The van der Waals surface area contributed by atoms with Crippen molar-refractivity contribution >= 4 is 5.82 Å². The number of nitrogens with zero attached hydrogens (tertiary/aromatic N) is 2. The number of rotatable bonds is 2. The molecule has 2 heterocycles. The van der Waals surface area contributed by atoms with Gasteiger partial charge in [-0.25, -0.2) is 4.98 Å². The molecule has 82 valence electrons. The Bertz CT molecular complexity index is 316. The van der Waals surface area contributed by atoms with E-state index in [2.05, 4.69) is 16.0 Å². The van der Waals surface area contributed by atoms with Crippen molar-refractivity contribution in [2.45, 2.75) is 32.2 Å². The molecule has 0 spiro atoms. The van der Waals surface area contributed by atoms with Gasteiger partial charge in [-0.2, -0.15) is 0 Å². The smallest absolute Gasteiger partial charge is 0.133 e. The predicted octanol–water partition coefficient (Wildman–Crippen LogP) is 2.09. The monoisotopic (exact) mass is 205 g/mol. The normalized spacial score (nSPS) is 18.9. The summed E-state index contributed by atoms with van der Waals surface area (Å²) in [4.78, 5) is 6.83. The van der Waals surface area contributed by atoms with E-state index in [1.54, 1.807) is 0 Å². The van der Waals surface area contributed by atoms with Crippen LogP contribution in [0.2, 0.25) is 0 Å². The molecule has 1 aliphatic heterocycles. The zero-order chi connectivity index (χ0) is 10.7. The molecule has 2 N–H and O–H groups in total. The van der Waals surface area contributed by atoms with Crippen molar-refractivity contribution in [3.8, 4) is 0 Å². The van der Waals surface area contributed by atoms with E-state index >= 15 is 0 Å². The molecule has 3 nitrogen and oxygen atoms in total. The van der Waals surface area contributed by atoms with Gasteiger partial charge >= 0.3 is 0 Å². The molecule has 0 aromatic carbocycles. The van der Waals surface area contributed by atoms with Crippen molar-refractivity contribution in [2.24, 2.45) is 5.73 Å². The van der Waals surface area contributed by atoms with Gasteiger partial charge in [-0.15, -0.1) is 0 Å². The average molecular weight is 205 g/mol. The van der Waals surface area contributed by atoms with E-state index in [0.29, 0.717) is 0 Å². The molecule has 3 heteroatoms. The summed E-state index contributed by atoms with van der Waals surface area (Å²) in [5, 5.41) is 0. The zero-order valence-electron chi connectivity index (χ0n) is 9.32. The number of anilines is 1. The minimum Gasteiger partial charge on any atom is -0.356 e. The second-order valence-corrected chi connectivity index (χ2v) is 4.25. The van der Waals surface area contributed by atoms with Crippen molar-refractivity contribution in [3.63, 3.8) is 0 Å². The molecule has 1 atom stereocenters. The molecule has 1 aliphatic rings. The van der Waals surface area contributed by atoms with E-state index < -0.39 is 0 Å². The highest BCUT2D eigenvalue weighted by Gasteiger charge is 2.16. The summed E-state index contributed by atoms with van der Waals surface area (Å²) < 4.78 is 0. The molecular formula is C12H19N3. The van der Waals surface area contributed by atoms with Gasteiger partial charge < -0.3 is 10.6 Å². The first-order valence-corrected chi connectivity index (χ1v) is 5.74. The Hall–Kier alpha value is -1.09. The third-order valence-electron chi connectivity index (χ3n) is 2.96. The molecule has 15 heavy (non-hydrogen) atoms. The summed E-state index contributed by atoms with van der Waals surface area (Å²) >= 11 is 0. The van der Waals surface area contributed by atoms with Crippen LogP contribution in [0.3, 0.4) is 0 Å². The molecule has 0 saturated carbocycles. The second kappa shape index (κ2) is 4.62. The third kappa shape index (κ3) is 2.29. The Morgan fingerprint density at radius 1 is 1.33 bits per heavy atom. The van der Waals surface area contributed by atoms with E-state index in [1.165, 1.54) is 24.8 Å². The van der Waals surface area contributed by atoms with Crippen LogP contribution < -0.4 is 10.6 Å². The molecule has 2 rings (SSSR count). The summed E-state index contributed by atoms with van der Waals surface area (Å²) in [5.74, 6) is 1.09. The molecular weight excluding hydrogens is 186 g/mol. The van der Waals surface area contributed by atoms with Gasteiger partial charge in [0.05, 0.1) is 0 Å². The lowest BCUT2D eigenvalue weighted by Gasteiger charge is -2.30. The van der Waals surface area contributed by atoms with Gasteiger partial charge in [0.2, 0.25) is 0 Å². The van der Waals surface area contributed by atoms with Gasteiger partial charge in [0.1, 0.15) is 5.82 Å². The van der Waals surface area contributed by atoms with Gasteiger partial charge in [0.25, 0.3) is 0 Å². The number of nitrogens with two attached hydrogens (primary N) is 1. The van der Waals surface area contributed by atoms with E-state index in [4.69, 9.17) is 5.73 Å². The van der Waals surface area contributed by atoms with Crippen LogP contribution in [-0.2, 0) is 0 Å². The Labute approximate surface area is 91.3 Å². The van der Waals surface area contributed by atoms with Gasteiger partial charge in [0, 0.05) is 30.9 Å². The van der Waals surface area contributed by atoms with E-state index in [0.717, 1.165) is 18.9 Å². The molecule has 0 aliphatic carbocycles. The lowest BCUT2D eigenvalue weighted by atomic mass is 10.1. The molecule has 1 fully saturated rings. The highest BCUT2D eigenvalue weighted by molar-refractivity contribution is 5.48. The molecule has 1 aromatic heterocycles. The predicted molar refractivity (Wildman–Crippen MR) is 62.9 cm³/mol. The lowest BCUT2D eigenvalue weighted by molar-refractivity contribution is 0.570. The van der Waals surface area contributed by atoms with Crippen LogP contribution in [0, 0.1) is 0 Å². The maximum Gasteiger partial charge on any atom is 0.133 e. The minimum atomic E-state index is 0.0654. The minimum absolute atomic E-state index is 0.0654. The van der Waals surface area contributed by atoms with Crippen LogP contribution in [0.25, 0.3) is 0 Å². The van der Waals surface area contributed by atoms with Gasteiger partial charge in [-0.3, -0.25) is 0 Å². The Morgan fingerprint density at radius 2 is 2.07 bits per heavy atom. The molecule has 0 radical (unpaired) electrons. The van der Waals surface area contributed by atoms with Gasteiger partial charge in [-0.05, 0) is 32.3 Å². The molecule has 1 aromatic rings. The first-order valence-electron chi connectivity index (χ1n) is 5.74. The first-order chi connectivity index (χ1) is 7.29. The van der Waals surface area contributed by atoms with Crippen molar-refractivity contribution < 1.29 is 0 Å². The van der Waals surface area contributed by atoms with E-state index in [1.807, 2.05) is 19.2 Å². The number of piperidine rings is 1. The maximum atomic E-state index is 5.95. The van der Waals surface area contributed by atoms with E-state index in [9.17, 15) is 0 Å². The molecule has 0 unspecified atom stereocenters. The quantitative estimate of drug-likeness (QED) is 0.804. The Kier molecular flexibility index (Phi) is 3.21. The SMILES string of the molecule is C[C@@H](N)c1cccnc1N1CCCCC1. The molecule has 0 amide bonds. The van der Waals surface area contributed by atoms with Gasteiger partial charge in [-0.1, -0.05) is 6.07 Å². The topological polar surface area (TPSA) is 42.1 Å². The van der Waals surface area contributed by atoms with Crippen LogP contribution in [0.4, 0.5) is 5.82 Å². The summed E-state index contributed by atoms with van der Waals surface area (Å²) in [6.45, 7) is 4.26. The largest absolute Gasteiger partial charge is 0.356 e. The maximum absolute atomic E-state index is 5.95. The summed E-state index contributed by atoms with van der Waals surface area (Å²) in [6, 6.07) is 4.11. The number of aromatic nitrogens is 1. The van der Waals surface area contributed by atoms with Crippen molar-refractivity contribution in [1.29, 1.82) is 0 Å². The standard InChI is InChI=1S/C12H19N3/c1-10(13)11-6-5-7-14-12(11)15-8-3-2-4-9-15/h5-7,10H,2-4,8-9,13H2,1H3/t10-/m1/s1. The van der Waals surface area contributed by atoms with Crippen LogP contribution in [0.1, 0.15) is 37.8 Å². The first kappa shape index (κ1) is 10.4. The van der Waals surface area contributed by atoms with Crippen LogP contribution in [0.15, 0.2) is 18.3 Å². The summed E-state index contributed by atoms with van der Waals surface area (Å²) in [7, 11) is 0. The van der Waals surface area contributed by atoms with Crippen LogP contribution in [0.5, 0.6) is 0 Å². The summed E-state index contributed by atoms with van der Waals surface area (Å²) in [5.41, 5.74) is 7.12. The number of pyridine rings is 1. The fraction of sp³-hybridized carbons (Fsp3) is 0.583. The van der Waals surface area contributed by atoms with Crippen molar-refractivity contribution in [2.75, 3.05) is 18.0 Å². The molecule has 1 saturated heterocycles. The Morgan fingerprint density at radius 3 is 2.73 bits per heavy atom. The van der Waals surface area contributed by atoms with Gasteiger partial charge in [0.15, 0.2) is 0 Å². The van der Waals surface area contributed by atoms with Crippen LogP contribution in [-0.4, -0.2) is 18.1 Å². The number of hydrogen-bond acceptors (Lipinski definition) is 3. The van der Waals surface area contributed by atoms with Crippen molar-refractivity contribution in [1.82, 2.24) is 4.98 Å². The second-order valence-electron chi connectivity index (χ2n) is 4.25. The summed E-state index contributed by atoms with van der Waals surface area (Å²) in [6.07, 6.45) is 5.75. The average Bonchev–Trinajstić information content (AvgIpc) is 2.30. The molecule has 0 bridgehead atoms. The fourth-order valence-corrected chi connectivity index (χ4v) is 2.13. The lowest BCUT2D eigenvalue weighted by Crippen LogP contribution is -2.31. The van der Waals surface area contributed by atoms with E-state index in [-0.39, 0.29) is 6.04 Å². The fourth-order valence-electron chi connectivity index (χ4n) is 2.13. The third-order valence-corrected chi connectivity index (χ3v) is 2.96. The van der Waals surface area contributed by atoms with Crippen LogP contribution >= 0.6 is 0 Å². The Balaban J connectivity index is 2.25. The highest BCUT2D eigenvalue weighted by Crippen LogP contribution is 2.24. The van der Waals surface area contributed by atoms with Crippen molar-refractivity contribution in [3.05, 3.63) is 23.9 Å². The zero-order valence-corrected chi connectivity index (χ0v) is 9.32. The number of hydrogen-bond donors (Lipinski definition) is 1. The highest BCUT2D eigenvalue weighted by atomic mass is 15.2.